The number of rotatable bonds is 7. The first kappa shape index (κ1) is 22.3. The Morgan fingerprint density at radius 2 is 1.85 bits per heavy atom. The zero-order valence-corrected chi connectivity index (χ0v) is 19.6. The Morgan fingerprint density at radius 1 is 1.09 bits per heavy atom. The average molecular weight is 450 g/mol. The van der Waals surface area contributed by atoms with Crippen molar-refractivity contribution < 1.29 is 9.53 Å². The van der Waals surface area contributed by atoms with Crippen LogP contribution in [0, 0.1) is 17.3 Å². The number of carbonyl (C=O) groups is 1. The molecule has 2 aliphatic heterocycles. The molecular weight excluding hydrogens is 414 g/mol. The van der Waals surface area contributed by atoms with Crippen molar-refractivity contribution in [2.24, 2.45) is 17.3 Å². The Hall–Kier alpha value is -2.51. The Kier molecular flexibility index (Phi) is 6.60. The molecule has 3 heterocycles. The van der Waals surface area contributed by atoms with Gasteiger partial charge in [0.15, 0.2) is 0 Å². The van der Waals surface area contributed by atoms with Gasteiger partial charge >= 0.3 is 0 Å². The standard InChI is InChI=1S/C26H35N5O2/c1-19(32)28-23-4-2-21(3-5-23)24-6-7-25(30-29-24)27-17-22-16-26(22)10-12-31(13-11-26)18-20-8-14-33-15-9-20/h2-7,20,22H,8-18H2,1H3,(H,27,30)(H,28,32)/t22-/m0/s1. The van der Waals surface area contributed by atoms with E-state index in [2.05, 4.69) is 25.7 Å². The van der Waals surface area contributed by atoms with E-state index in [1.807, 2.05) is 36.4 Å². The number of carbonyl (C=O) groups excluding carboxylic acids is 1. The van der Waals surface area contributed by atoms with Crippen LogP contribution in [0.15, 0.2) is 36.4 Å². The fraction of sp³-hybridized carbons (Fsp3) is 0.577. The molecule has 7 heteroatoms. The van der Waals surface area contributed by atoms with Crippen molar-refractivity contribution in [3.63, 3.8) is 0 Å². The van der Waals surface area contributed by atoms with E-state index in [1.54, 1.807) is 0 Å². The summed E-state index contributed by atoms with van der Waals surface area (Å²) in [4.78, 5) is 13.9. The fourth-order valence-corrected chi connectivity index (χ4v) is 5.54. The van der Waals surface area contributed by atoms with Crippen LogP contribution in [0.3, 0.4) is 0 Å². The highest BCUT2D eigenvalue weighted by Crippen LogP contribution is 2.59. The quantitative estimate of drug-likeness (QED) is 0.664. The predicted molar refractivity (Wildman–Crippen MR) is 130 cm³/mol. The number of amides is 1. The number of piperidine rings is 1. The van der Waals surface area contributed by atoms with Gasteiger partial charge in [-0.05, 0) is 86.7 Å². The summed E-state index contributed by atoms with van der Waals surface area (Å²) in [6.07, 6.45) is 6.48. The van der Waals surface area contributed by atoms with Gasteiger partial charge in [0.2, 0.25) is 5.91 Å². The van der Waals surface area contributed by atoms with Gasteiger partial charge in [-0.15, -0.1) is 10.2 Å². The van der Waals surface area contributed by atoms with Crippen LogP contribution in [0.5, 0.6) is 0 Å². The molecule has 1 aromatic heterocycles. The van der Waals surface area contributed by atoms with E-state index in [-0.39, 0.29) is 5.91 Å². The van der Waals surface area contributed by atoms with Gasteiger partial charge in [0, 0.05) is 44.5 Å². The van der Waals surface area contributed by atoms with Crippen LogP contribution < -0.4 is 10.6 Å². The third-order valence-electron chi connectivity index (χ3n) is 7.76. The lowest BCUT2D eigenvalue weighted by Gasteiger charge is -2.36. The Bertz CT molecular complexity index is 932. The van der Waals surface area contributed by atoms with Crippen LogP contribution in [0.4, 0.5) is 11.5 Å². The number of ether oxygens (including phenoxy) is 1. The van der Waals surface area contributed by atoms with E-state index < -0.39 is 0 Å². The van der Waals surface area contributed by atoms with Crippen molar-refractivity contribution in [3.8, 4) is 11.3 Å². The Morgan fingerprint density at radius 3 is 2.52 bits per heavy atom. The molecular formula is C26H35N5O2. The number of hydrogen-bond acceptors (Lipinski definition) is 6. The molecule has 1 spiro atoms. The summed E-state index contributed by atoms with van der Waals surface area (Å²) in [5, 5.41) is 15.1. The van der Waals surface area contributed by atoms with E-state index in [0.29, 0.717) is 5.41 Å². The summed E-state index contributed by atoms with van der Waals surface area (Å²) in [5.41, 5.74) is 3.15. The van der Waals surface area contributed by atoms with Crippen LogP contribution in [-0.4, -0.2) is 60.4 Å². The summed E-state index contributed by atoms with van der Waals surface area (Å²) in [6.45, 7) is 8.16. The Balaban J connectivity index is 1.06. The number of anilines is 2. The van der Waals surface area contributed by atoms with Gasteiger partial charge in [0.05, 0.1) is 5.69 Å². The molecule has 1 aliphatic carbocycles. The molecule has 1 saturated carbocycles. The van der Waals surface area contributed by atoms with Crippen LogP contribution in [0.25, 0.3) is 11.3 Å². The lowest BCUT2D eigenvalue weighted by Crippen LogP contribution is -2.39. The van der Waals surface area contributed by atoms with Gasteiger partial charge in [-0.3, -0.25) is 4.79 Å². The zero-order chi connectivity index (χ0) is 22.7. The molecule has 5 rings (SSSR count). The third kappa shape index (κ3) is 5.53. The first-order chi connectivity index (χ1) is 16.1. The maximum atomic E-state index is 11.2. The second-order valence-corrected chi connectivity index (χ2v) is 10.1. The largest absolute Gasteiger partial charge is 0.381 e. The van der Waals surface area contributed by atoms with Crippen molar-refractivity contribution >= 4 is 17.4 Å². The number of benzene rings is 1. The molecule has 1 aromatic carbocycles. The lowest BCUT2D eigenvalue weighted by molar-refractivity contribution is -0.114. The van der Waals surface area contributed by atoms with E-state index >= 15 is 0 Å². The first-order valence-corrected chi connectivity index (χ1v) is 12.4. The van der Waals surface area contributed by atoms with Gasteiger partial charge in [0.1, 0.15) is 5.82 Å². The van der Waals surface area contributed by atoms with Gasteiger partial charge < -0.3 is 20.3 Å². The second-order valence-electron chi connectivity index (χ2n) is 10.1. The van der Waals surface area contributed by atoms with E-state index in [1.165, 1.54) is 58.7 Å². The highest BCUT2D eigenvalue weighted by molar-refractivity contribution is 5.88. The predicted octanol–water partition coefficient (Wildman–Crippen LogP) is 4.04. The molecule has 33 heavy (non-hydrogen) atoms. The number of aromatic nitrogens is 2. The van der Waals surface area contributed by atoms with Crippen molar-refractivity contribution in [1.82, 2.24) is 15.1 Å². The smallest absolute Gasteiger partial charge is 0.221 e. The summed E-state index contributed by atoms with van der Waals surface area (Å²) >= 11 is 0. The van der Waals surface area contributed by atoms with Gasteiger partial charge in [-0.25, -0.2) is 0 Å². The molecule has 1 amide bonds. The minimum Gasteiger partial charge on any atom is -0.381 e. The summed E-state index contributed by atoms with van der Waals surface area (Å²) in [5.74, 6) is 2.36. The second kappa shape index (κ2) is 9.77. The van der Waals surface area contributed by atoms with E-state index in [4.69, 9.17) is 4.74 Å². The minimum absolute atomic E-state index is 0.0732. The van der Waals surface area contributed by atoms with Crippen LogP contribution in [0.2, 0.25) is 0 Å². The first-order valence-electron chi connectivity index (χ1n) is 12.4. The number of likely N-dealkylation sites (tertiary alicyclic amines) is 1. The minimum atomic E-state index is -0.0732. The van der Waals surface area contributed by atoms with Crippen LogP contribution >= 0.6 is 0 Å². The number of nitrogens with zero attached hydrogens (tertiary/aromatic N) is 3. The fourth-order valence-electron chi connectivity index (χ4n) is 5.54. The molecule has 7 nitrogen and oxygen atoms in total. The molecule has 176 valence electrons. The van der Waals surface area contributed by atoms with Gasteiger partial charge in [-0.2, -0.15) is 0 Å². The lowest BCUT2D eigenvalue weighted by atomic mass is 9.89. The van der Waals surface area contributed by atoms with Gasteiger partial charge in [0.25, 0.3) is 0 Å². The highest BCUT2D eigenvalue weighted by Gasteiger charge is 2.54. The zero-order valence-electron chi connectivity index (χ0n) is 19.6. The molecule has 0 unspecified atom stereocenters. The molecule has 3 aliphatic rings. The SMILES string of the molecule is CC(=O)Nc1ccc(-c2ccc(NC[C@@H]3CC34CCN(CC3CCOCC3)CC4)nn2)cc1. The maximum Gasteiger partial charge on any atom is 0.221 e. The van der Waals surface area contributed by atoms with Crippen molar-refractivity contribution in [2.75, 3.05) is 50.0 Å². The van der Waals surface area contributed by atoms with Crippen molar-refractivity contribution in [1.29, 1.82) is 0 Å². The normalized spacial score (nSPS) is 22.8. The Labute approximate surface area is 196 Å². The summed E-state index contributed by atoms with van der Waals surface area (Å²) < 4.78 is 5.51. The maximum absolute atomic E-state index is 11.2. The van der Waals surface area contributed by atoms with Crippen molar-refractivity contribution in [2.45, 2.75) is 39.0 Å². The van der Waals surface area contributed by atoms with Crippen molar-refractivity contribution in [3.05, 3.63) is 36.4 Å². The molecule has 2 saturated heterocycles. The molecule has 2 aromatic rings. The number of hydrogen-bond donors (Lipinski definition) is 2. The topological polar surface area (TPSA) is 79.4 Å². The van der Waals surface area contributed by atoms with Crippen LogP contribution in [0.1, 0.15) is 39.0 Å². The van der Waals surface area contributed by atoms with Gasteiger partial charge in [-0.1, -0.05) is 12.1 Å². The molecule has 1 atom stereocenters. The van der Waals surface area contributed by atoms with E-state index in [0.717, 1.165) is 54.4 Å². The third-order valence-corrected chi connectivity index (χ3v) is 7.76. The van der Waals surface area contributed by atoms with E-state index in [9.17, 15) is 4.79 Å². The molecule has 0 radical (unpaired) electrons. The summed E-state index contributed by atoms with van der Waals surface area (Å²) in [6, 6.07) is 11.7. The average Bonchev–Trinajstić information content (AvgIpc) is 3.52. The summed E-state index contributed by atoms with van der Waals surface area (Å²) in [7, 11) is 0. The molecule has 3 fully saturated rings. The van der Waals surface area contributed by atoms with Crippen LogP contribution in [-0.2, 0) is 9.53 Å². The molecule has 0 bridgehead atoms. The highest BCUT2D eigenvalue weighted by atomic mass is 16.5. The monoisotopic (exact) mass is 449 g/mol. The number of nitrogens with one attached hydrogen (secondary N) is 2. The molecule has 2 N–H and O–H groups in total.